The molecule has 0 bridgehead atoms. The van der Waals surface area contributed by atoms with Crippen LogP contribution in [0.15, 0.2) is 85.5 Å². The van der Waals surface area contributed by atoms with Crippen LogP contribution >= 0.6 is 0 Å². The number of urea groups is 2. The number of aliphatic carboxylic acids is 1. The molecule has 4 aromatic heterocycles. The first-order chi connectivity index (χ1) is 30.7. The van der Waals surface area contributed by atoms with Crippen molar-refractivity contribution < 1.29 is 60.1 Å². The number of anilines is 4. The van der Waals surface area contributed by atoms with Crippen molar-refractivity contribution in [2.45, 2.75) is 84.0 Å². The van der Waals surface area contributed by atoms with E-state index < -0.39 is 61.2 Å². The van der Waals surface area contributed by atoms with Gasteiger partial charge in [0.25, 0.3) is 0 Å². The van der Waals surface area contributed by atoms with E-state index >= 15 is 0 Å². The Morgan fingerprint density at radius 1 is 0.727 bits per heavy atom. The zero-order chi connectivity index (χ0) is 48.6. The van der Waals surface area contributed by atoms with Crippen molar-refractivity contribution >= 4 is 76.9 Å². The van der Waals surface area contributed by atoms with Crippen molar-refractivity contribution in [3.05, 3.63) is 108 Å². The number of fused-ring (bicyclic) bond motifs is 2. The van der Waals surface area contributed by atoms with Gasteiger partial charge in [-0.05, 0) is 98.6 Å². The van der Waals surface area contributed by atoms with Crippen molar-refractivity contribution in [1.29, 1.82) is 0 Å². The number of H-pyrrole nitrogens is 1. The largest absolute Gasteiger partial charge is 0.481 e. The van der Waals surface area contributed by atoms with E-state index in [-0.39, 0.29) is 30.9 Å². The second-order valence-electron chi connectivity index (χ2n) is 17.2. The fraction of sp³-hybridized carbons (Fsp3) is 0.318. The van der Waals surface area contributed by atoms with Gasteiger partial charge in [0.15, 0.2) is 0 Å². The van der Waals surface area contributed by atoms with Crippen LogP contribution in [0.4, 0.5) is 58.7 Å². The number of hydrogen-bond acceptors (Lipinski definition) is 8. The number of carbonyl (C=O) groups is 4. The Hall–Kier alpha value is -6.94. The van der Waals surface area contributed by atoms with E-state index in [1.165, 1.54) is 24.5 Å². The number of benzene rings is 2. The van der Waals surface area contributed by atoms with Gasteiger partial charge in [0.2, 0.25) is 0 Å². The van der Waals surface area contributed by atoms with Gasteiger partial charge in [-0.25, -0.2) is 19.6 Å². The summed E-state index contributed by atoms with van der Waals surface area (Å²) in [6, 6.07) is 11.2. The van der Waals surface area contributed by atoms with E-state index in [2.05, 4.69) is 55.9 Å². The summed E-state index contributed by atoms with van der Waals surface area (Å²) in [5, 5.41) is 20.2. The average molecular weight is 943 g/mol. The van der Waals surface area contributed by atoms with Crippen LogP contribution in [-0.2, 0) is 51.0 Å². The molecule has 6 rings (SSSR count). The molecular formula is C44H48F6N8O7Si. The van der Waals surface area contributed by atoms with Crippen molar-refractivity contribution in [2.75, 3.05) is 27.9 Å². The number of halogens is 6. The van der Waals surface area contributed by atoms with Crippen LogP contribution in [0.5, 0.6) is 0 Å². The number of hydrogen-bond donors (Lipinski definition) is 6. The second-order valence-corrected chi connectivity index (χ2v) is 22.8. The minimum Gasteiger partial charge on any atom is -0.481 e. The first kappa shape index (κ1) is 50.1. The van der Waals surface area contributed by atoms with Gasteiger partial charge in [-0.2, -0.15) is 26.3 Å². The van der Waals surface area contributed by atoms with Gasteiger partial charge in [0, 0.05) is 61.6 Å². The molecule has 0 fully saturated rings. The van der Waals surface area contributed by atoms with Crippen LogP contribution in [0.3, 0.4) is 0 Å². The summed E-state index contributed by atoms with van der Waals surface area (Å²) in [5.41, 5.74) is 0.935. The van der Waals surface area contributed by atoms with Gasteiger partial charge in [-0.15, -0.1) is 0 Å². The minimum absolute atomic E-state index is 0.00467. The highest BCUT2D eigenvalue weighted by Crippen LogP contribution is 2.32. The molecule has 0 saturated heterocycles. The number of nitrogens with one attached hydrogen (secondary N) is 5. The summed E-state index contributed by atoms with van der Waals surface area (Å²) < 4.78 is 89.2. The second kappa shape index (κ2) is 20.5. The van der Waals surface area contributed by atoms with Crippen molar-refractivity contribution in [3.8, 4) is 0 Å². The van der Waals surface area contributed by atoms with E-state index in [4.69, 9.17) is 14.6 Å². The highest BCUT2D eigenvalue weighted by Gasteiger charge is 2.31. The number of esters is 1. The third-order valence-electron chi connectivity index (χ3n) is 9.15. The number of aromatic nitrogens is 4. The summed E-state index contributed by atoms with van der Waals surface area (Å²) in [7, 11) is -1.28. The predicted octanol–water partition coefficient (Wildman–Crippen LogP) is 10.7. The maximum absolute atomic E-state index is 12.8. The van der Waals surface area contributed by atoms with Crippen LogP contribution in [0.25, 0.3) is 22.1 Å². The van der Waals surface area contributed by atoms with E-state index in [1.807, 2.05) is 0 Å². The molecule has 2 aromatic carbocycles. The molecule has 4 heterocycles. The summed E-state index contributed by atoms with van der Waals surface area (Å²) in [4.78, 5) is 59.4. The lowest BCUT2D eigenvalue weighted by atomic mass is 10.1. The molecule has 352 valence electrons. The van der Waals surface area contributed by atoms with Gasteiger partial charge in [-0.3, -0.25) is 9.59 Å². The Balaban J connectivity index is 0.000000264. The van der Waals surface area contributed by atoms with E-state index in [9.17, 15) is 45.5 Å². The van der Waals surface area contributed by atoms with Crippen LogP contribution in [0.1, 0.15) is 43.0 Å². The number of amides is 4. The molecule has 0 atom stereocenters. The zero-order valence-electron chi connectivity index (χ0n) is 36.6. The first-order valence-electron chi connectivity index (χ1n) is 20.2. The number of carbonyl (C=O) groups excluding carboxylic acids is 3. The maximum atomic E-state index is 12.8. The number of aromatic amines is 1. The van der Waals surface area contributed by atoms with Crippen LogP contribution in [-0.4, -0.2) is 68.9 Å². The van der Waals surface area contributed by atoms with Crippen LogP contribution < -0.4 is 21.3 Å². The molecule has 0 spiro atoms. The summed E-state index contributed by atoms with van der Waals surface area (Å²) in [6.45, 7) is 12.9. The van der Waals surface area contributed by atoms with E-state index in [1.54, 1.807) is 49.9 Å². The van der Waals surface area contributed by atoms with Crippen LogP contribution in [0.2, 0.25) is 25.7 Å². The number of carboxylic acids is 1. The highest BCUT2D eigenvalue weighted by atomic mass is 28.3. The minimum atomic E-state index is -4.47. The number of rotatable bonds is 13. The SMILES string of the molecule is CC(C)(C)OC(=O)Cc1cnc2c(c1)c(NC(=O)Nc1ccc(C(F)(F)F)cc1)cn2COCC[Si](C)(C)C.O=C(O)Cc1cnc2[nH]cc(NC(=O)Nc3ccc(C(F)(F)F)cc3)c2c1. The van der Waals surface area contributed by atoms with Gasteiger partial charge in [0.1, 0.15) is 23.6 Å². The third kappa shape index (κ3) is 15.1. The lowest BCUT2D eigenvalue weighted by molar-refractivity contribution is -0.154. The van der Waals surface area contributed by atoms with E-state index in [0.29, 0.717) is 51.2 Å². The quantitative estimate of drug-likeness (QED) is 0.0282. The van der Waals surface area contributed by atoms with Crippen molar-refractivity contribution in [3.63, 3.8) is 0 Å². The fourth-order valence-electron chi connectivity index (χ4n) is 6.07. The van der Waals surface area contributed by atoms with Gasteiger partial charge in [0.05, 0.1) is 35.3 Å². The Morgan fingerprint density at radius 2 is 1.24 bits per heavy atom. The Labute approximate surface area is 375 Å². The number of nitrogens with zero attached hydrogens (tertiary/aromatic N) is 3. The molecule has 0 unspecified atom stereocenters. The first-order valence-corrected chi connectivity index (χ1v) is 23.9. The molecule has 0 saturated carbocycles. The lowest BCUT2D eigenvalue weighted by Crippen LogP contribution is -2.24. The molecule has 6 aromatic rings. The third-order valence-corrected chi connectivity index (χ3v) is 10.8. The molecule has 22 heteroatoms. The van der Waals surface area contributed by atoms with Crippen LogP contribution in [0, 0.1) is 0 Å². The summed E-state index contributed by atoms with van der Waals surface area (Å²) >= 11 is 0. The number of alkyl halides is 6. The van der Waals surface area contributed by atoms with Gasteiger partial charge < -0.3 is 45.4 Å². The lowest BCUT2D eigenvalue weighted by Gasteiger charge is -2.19. The Morgan fingerprint density at radius 3 is 1.76 bits per heavy atom. The molecule has 15 nitrogen and oxygen atoms in total. The molecule has 0 aliphatic heterocycles. The molecule has 0 radical (unpaired) electrons. The number of ether oxygens (including phenoxy) is 2. The molecule has 66 heavy (non-hydrogen) atoms. The topological polar surface area (TPSA) is 202 Å². The Kier molecular flexibility index (Phi) is 15.5. The van der Waals surface area contributed by atoms with Crippen molar-refractivity contribution in [2.24, 2.45) is 0 Å². The average Bonchev–Trinajstić information content (AvgIpc) is 3.74. The molecule has 4 amide bonds. The van der Waals surface area contributed by atoms with Gasteiger partial charge in [-0.1, -0.05) is 19.6 Å². The standard InChI is InChI=1S/C27H35F3N4O4Si.C17H13F3N4O3/c1-26(2,3)38-23(35)14-18-13-21-22(16-34(24(21)31-15-18)17-37-11-12-39(4,5)6)33-25(36)32-20-9-7-19(8-10-20)27(28,29)30;18-17(19,20)10-1-3-11(4-2-10)23-16(27)24-13-8-22-15-12(13)5-9(7-21-15)6-14(25)26/h7-10,13,15-16H,11-12,14,17H2,1-6H3,(H2,32,33,36);1-5,7-8H,6H2,(H,21,22)(H,25,26)(H2,23,24,27). The predicted molar refractivity (Wildman–Crippen MR) is 239 cm³/mol. The van der Waals surface area contributed by atoms with Gasteiger partial charge >= 0.3 is 36.4 Å². The zero-order valence-corrected chi connectivity index (χ0v) is 37.6. The number of pyridine rings is 2. The Bertz CT molecular complexity index is 2670. The maximum Gasteiger partial charge on any atom is 0.416 e. The monoisotopic (exact) mass is 942 g/mol. The summed E-state index contributed by atoms with van der Waals surface area (Å²) in [5.74, 6) is -1.42. The fourth-order valence-corrected chi connectivity index (χ4v) is 6.83. The molecule has 6 N–H and O–H groups in total. The smallest absolute Gasteiger partial charge is 0.416 e. The normalized spacial score (nSPS) is 12.0. The molecule has 0 aliphatic carbocycles. The number of carboxylic acid groups (broad SMARTS) is 1. The molecular weight excluding hydrogens is 895 g/mol. The van der Waals surface area contributed by atoms with E-state index in [0.717, 1.165) is 42.4 Å². The highest BCUT2D eigenvalue weighted by molar-refractivity contribution is 6.76. The molecule has 0 aliphatic rings. The summed E-state index contributed by atoms with van der Waals surface area (Å²) in [6.07, 6.45) is -2.99. The van der Waals surface area contributed by atoms with Crippen molar-refractivity contribution in [1.82, 2.24) is 19.5 Å².